The molecule has 1 nitrogen and oxygen atoms in total. The van der Waals surface area contributed by atoms with Crippen molar-refractivity contribution in [2.24, 2.45) is 0 Å². The molecule has 0 radical (unpaired) electrons. The zero-order chi connectivity index (χ0) is 11.8. The van der Waals surface area contributed by atoms with Gasteiger partial charge in [-0.25, -0.2) is 0 Å². The molecule has 0 aliphatic heterocycles. The summed E-state index contributed by atoms with van der Waals surface area (Å²) in [6, 6.07) is 2.00. The molecule has 1 N–H and O–H groups in total. The molecule has 84 valence electrons. The third kappa shape index (κ3) is 2.56. The number of alkyl halides is 3. The molecule has 0 atom stereocenters. The van der Waals surface area contributed by atoms with Crippen molar-refractivity contribution < 1.29 is 18.3 Å². The number of hydrogen-bond acceptors (Lipinski definition) is 1. The predicted octanol–water partition coefficient (Wildman–Crippen LogP) is 4.19. The van der Waals surface area contributed by atoms with Crippen LogP contribution in [0.15, 0.2) is 12.1 Å². The molecule has 0 spiro atoms. The lowest BCUT2D eigenvalue weighted by atomic mass is 9.96. The Morgan fingerprint density at radius 2 is 1.80 bits per heavy atom. The van der Waals surface area contributed by atoms with Gasteiger partial charge in [-0.15, -0.1) is 0 Å². The second-order valence-corrected chi connectivity index (χ2v) is 3.95. The molecule has 0 saturated carbocycles. The number of benzene rings is 1. The van der Waals surface area contributed by atoms with E-state index in [1.807, 2.05) is 0 Å². The van der Waals surface area contributed by atoms with Crippen molar-refractivity contribution in [2.75, 3.05) is 0 Å². The average molecular weight is 239 g/mol. The minimum atomic E-state index is -4.50. The second-order valence-electron chi connectivity index (χ2n) is 3.54. The van der Waals surface area contributed by atoms with Crippen LogP contribution < -0.4 is 0 Å². The zero-order valence-electron chi connectivity index (χ0n) is 8.19. The van der Waals surface area contributed by atoms with Crippen molar-refractivity contribution in [1.29, 1.82) is 0 Å². The maximum absolute atomic E-state index is 12.6. The van der Waals surface area contributed by atoms with Gasteiger partial charge in [-0.3, -0.25) is 0 Å². The highest BCUT2D eigenvalue weighted by Crippen LogP contribution is 2.41. The van der Waals surface area contributed by atoms with Crippen molar-refractivity contribution >= 4 is 11.6 Å². The van der Waals surface area contributed by atoms with Gasteiger partial charge in [0.05, 0.1) is 10.6 Å². The van der Waals surface area contributed by atoms with E-state index in [0.717, 1.165) is 12.1 Å². The van der Waals surface area contributed by atoms with Crippen LogP contribution in [0, 0.1) is 0 Å². The molecule has 0 unspecified atom stereocenters. The van der Waals surface area contributed by atoms with Crippen molar-refractivity contribution in [3.8, 4) is 5.75 Å². The minimum Gasteiger partial charge on any atom is -0.508 e. The molecule has 0 fully saturated rings. The largest absolute Gasteiger partial charge is 0.508 e. The summed E-state index contributed by atoms with van der Waals surface area (Å²) in [5.41, 5.74) is -0.857. The van der Waals surface area contributed by atoms with Crippen molar-refractivity contribution in [3.63, 3.8) is 0 Å². The van der Waals surface area contributed by atoms with Crippen molar-refractivity contribution in [3.05, 3.63) is 28.3 Å². The van der Waals surface area contributed by atoms with Crippen LogP contribution in [0.5, 0.6) is 5.75 Å². The summed E-state index contributed by atoms with van der Waals surface area (Å²) in [7, 11) is 0. The van der Waals surface area contributed by atoms with E-state index >= 15 is 0 Å². The fraction of sp³-hybridized carbons (Fsp3) is 0.400. The quantitative estimate of drug-likeness (QED) is 0.778. The molecule has 1 aromatic carbocycles. The van der Waals surface area contributed by atoms with Crippen molar-refractivity contribution in [1.82, 2.24) is 0 Å². The summed E-state index contributed by atoms with van der Waals surface area (Å²) in [6.45, 7) is 3.22. The summed E-state index contributed by atoms with van der Waals surface area (Å²) < 4.78 is 37.9. The number of aromatic hydroxyl groups is 1. The number of halogens is 4. The van der Waals surface area contributed by atoms with Gasteiger partial charge in [0.1, 0.15) is 5.75 Å². The van der Waals surface area contributed by atoms with E-state index in [2.05, 4.69) is 0 Å². The van der Waals surface area contributed by atoms with E-state index in [1.54, 1.807) is 13.8 Å². The predicted molar refractivity (Wildman–Crippen MR) is 52.2 cm³/mol. The molecule has 0 aliphatic rings. The molecular weight excluding hydrogens is 229 g/mol. The van der Waals surface area contributed by atoms with Crippen LogP contribution >= 0.6 is 11.6 Å². The molecule has 5 heteroatoms. The first-order valence-electron chi connectivity index (χ1n) is 4.33. The van der Waals surface area contributed by atoms with Gasteiger partial charge in [-0.05, 0) is 23.6 Å². The Morgan fingerprint density at radius 1 is 1.27 bits per heavy atom. The molecule has 15 heavy (non-hydrogen) atoms. The molecule has 0 heterocycles. The van der Waals surface area contributed by atoms with E-state index in [1.165, 1.54) is 0 Å². The summed E-state index contributed by atoms with van der Waals surface area (Å²) >= 11 is 5.48. The molecule has 0 aliphatic carbocycles. The first kappa shape index (κ1) is 12.2. The molecule has 1 rings (SSSR count). The molecule has 1 aromatic rings. The zero-order valence-corrected chi connectivity index (χ0v) is 8.95. The number of rotatable bonds is 1. The highest BCUT2D eigenvalue weighted by molar-refractivity contribution is 6.31. The molecule has 0 bridgehead atoms. The van der Waals surface area contributed by atoms with Gasteiger partial charge in [-0.2, -0.15) is 13.2 Å². The Morgan fingerprint density at radius 3 is 2.20 bits per heavy atom. The second kappa shape index (κ2) is 3.93. The summed E-state index contributed by atoms with van der Waals surface area (Å²) in [6.07, 6.45) is -4.50. The first-order chi connectivity index (χ1) is 6.73. The third-order valence-electron chi connectivity index (χ3n) is 2.01. The van der Waals surface area contributed by atoms with E-state index < -0.39 is 16.8 Å². The van der Waals surface area contributed by atoms with Gasteiger partial charge in [0.2, 0.25) is 0 Å². The Hall–Kier alpha value is -0.900. The Bertz CT molecular complexity index is 372. The number of phenolic OH excluding ortho intramolecular Hbond substituents is 1. The fourth-order valence-corrected chi connectivity index (χ4v) is 1.70. The lowest BCUT2D eigenvalue weighted by Crippen LogP contribution is -2.11. The minimum absolute atomic E-state index is 0.00694. The number of hydrogen-bond donors (Lipinski definition) is 1. The SMILES string of the molecule is CC(C)c1cc(O)cc(Cl)c1C(F)(F)F. The van der Waals surface area contributed by atoms with Gasteiger partial charge in [0.25, 0.3) is 0 Å². The lowest BCUT2D eigenvalue weighted by molar-refractivity contribution is -0.138. The summed E-state index contributed by atoms with van der Waals surface area (Å²) in [5, 5.41) is 8.71. The Balaban J connectivity index is 3.48. The standard InChI is InChI=1S/C10H10ClF3O/c1-5(2)7-3-6(15)4-8(11)9(7)10(12,13)14/h3-5,15H,1-2H3. The van der Waals surface area contributed by atoms with Gasteiger partial charge < -0.3 is 5.11 Å². The summed E-state index contributed by atoms with van der Waals surface area (Å²) in [5.74, 6) is -0.608. The van der Waals surface area contributed by atoms with E-state index in [-0.39, 0.29) is 17.2 Å². The molecule has 0 aromatic heterocycles. The maximum atomic E-state index is 12.6. The van der Waals surface area contributed by atoms with E-state index in [9.17, 15) is 18.3 Å². The van der Waals surface area contributed by atoms with Crippen LogP contribution in [-0.2, 0) is 6.18 Å². The summed E-state index contributed by atoms with van der Waals surface area (Å²) in [4.78, 5) is 0. The van der Waals surface area contributed by atoms with Crippen LogP contribution in [0.2, 0.25) is 5.02 Å². The topological polar surface area (TPSA) is 20.2 Å². The van der Waals surface area contributed by atoms with Crippen LogP contribution in [0.1, 0.15) is 30.9 Å². The van der Waals surface area contributed by atoms with Crippen molar-refractivity contribution in [2.45, 2.75) is 25.9 Å². The highest BCUT2D eigenvalue weighted by atomic mass is 35.5. The Labute approximate surface area is 90.5 Å². The monoisotopic (exact) mass is 238 g/mol. The highest BCUT2D eigenvalue weighted by Gasteiger charge is 2.36. The Kier molecular flexibility index (Phi) is 3.19. The smallest absolute Gasteiger partial charge is 0.418 e. The van der Waals surface area contributed by atoms with Gasteiger partial charge in [0.15, 0.2) is 0 Å². The van der Waals surface area contributed by atoms with Crippen LogP contribution in [-0.4, -0.2) is 5.11 Å². The van der Waals surface area contributed by atoms with Gasteiger partial charge in [0, 0.05) is 0 Å². The fourth-order valence-electron chi connectivity index (χ4n) is 1.37. The third-order valence-corrected chi connectivity index (χ3v) is 2.31. The normalized spacial score (nSPS) is 12.2. The molecule has 0 amide bonds. The van der Waals surface area contributed by atoms with Gasteiger partial charge in [-0.1, -0.05) is 25.4 Å². The van der Waals surface area contributed by atoms with Crippen LogP contribution in [0.4, 0.5) is 13.2 Å². The van der Waals surface area contributed by atoms with Crippen LogP contribution in [0.3, 0.4) is 0 Å². The molecule has 0 saturated heterocycles. The average Bonchev–Trinajstić information content (AvgIpc) is 1.99. The maximum Gasteiger partial charge on any atom is 0.418 e. The first-order valence-corrected chi connectivity index (χ1v) is 4.71. The lowest BCUT2D eigenvalue weighted by Gasteiger charge is -2.17. The molecular formula is C10H10ClF3O. The van der Waals surface area contributed by atoms with E-state index in [0.29, 0.717) is 0 Å². The van der Waals surface area contributed by atoms with Crippen LogP contribution in [0.25, 0.3) is 0 Å². The van der Waals surface area contributed by atoms with Gasteiger partial charge >= 0.3 is 6.18 Å². The van der Waals surface area contributed by atoms with E-state index in [4.69, 9.17) is 11.6 Å². The number of phenols is 1.